The average Bonchev–Trinajstić information content (AvgIpc) is 2.51. The van der Waals surface area contributed by atoms with Crippen LogP contribution < -0.4 is 5.56 Å². The third kappa shape index (κ3) is 3.25. The van der Waals surface area contributed by atoms with Crippen LogP contribution in [0.1, 0.15) is 11.3 Å². The summed E-state index contributed by atoms with van der Waals surface area (Å²) in [5.74, 6) is 0.521. The summed E-state index contributed by atoms with van der Waals surface area (Å²) in [5, 5.41) is 6.54. The Balaban J connectivity index is 1.96. The Morgan fingerprint density at radius 2 is 1.71 bits per heavy atom. The van der Waals surface area contributed by atoms with E-state index in [1.54, 1.807) is 0 Å². The predicted octanol–water partition coefficient (Wildman–Crippen LogP) is 3.19. The number of aromatic nitrogens is 3. The van der Waals surface area contributed by atoms with Crippen LogP contribution in [0.25, 0.3) is 11.4 Å². The van der Waals surface area contributed by atoms with E-state index < -0.39 is 0 Å². The second-order valence-electron chi connectivity index (χ2n) is 4.60. The van der Waals surface area contributed by atoms with Gasteiger partial charge in [0.05, 0.1) is 0 Å². The van der Waals surface area contributed by atoms with Crippen molar-refractivity contribution >= 4 is 15.9 Å². The van der Waals surface area contributed by atoms with Gasteiger partial charge in [-0.05, 0) is 17.7 Å². The Labute approximate surface area is 130 Å². The molecule has 0 aliphatic carbocycles. The SMILES string of the molecule is O=c1[nH]nc(-c2ccc(Br)cc2)nc1Cc1ccccc1. The Bertz CT molecular complexity index is 798. The second kappa shape index (κ2) is 6.01. The number of halogens is 1. The van der Waals surface area contributed by atoms with E-state index in [0.717, 1.165) is 15.6 Å². The number of hydrogen-bond acceptors (Lipinski definition) is 3. The summed E-state index contributed by atoms with van der Waals surface area (Å²) in [5.41, 5.74) is 2.13. The van der Waals surface area contributed by atoms with Crippen molar-refractivity contribution < 1.29 is 0 Å². The minimum Gasteiger partial charge on any atom is -0.266 e. The molecule has 1 N–H and O–H groups in total. The van der Waals surface area contributed by atoms with Crippen molar-refractivity contribution in [2.24, 2.45) is 0 Å². The Hall–Kier alpha value is -2.27. The summed E-state index contributed by atoms with van der Waals surface area (Å²) in [4.78, 5) is 16.3. The molecular weight excluding hydrogens is 330 g/mol. The fourth-order valence-corrected chi connectivity index (χ4v) is 2.27. The van der Waals surface area contributed by atoms with Gasteiger partial charge < -0.3 is 0 Å². The molecule has 0 spiro atoms. The molecule has 3 aromatic rings. The third-order valence-electron chi connectivity index (χ3n) is 3.08. The highest BCUT2D eigenvalue weighted by Crippen LogP contribution is 2.17. The Morgan fingerprint density at radius 1 is 1.00 bits per heavy atom. The molecule has 0 unspecified atom stereocenters. The van der Waals surface area contributed by atoms with E-state index in [4.69, 9.17) is 0 Å². The molecule has 0 atom stereocenters. The van der Waals surface area contributed by atoms with Gasteiger partial charge in [-0.15, -0.1) is 0 Å². The van der Waals surface area contributed by atoms with Gasteiger partial charge in [-0.2, -0.15) is 5.10 Å². The van der Waals surface area contributed by atoms with E-state index in [0.29, 0.717) is 17.9 Å². The van der Waals surface area contributed by atoms with E-state index in [1.165, 1.54) is 0 Å². The van der Waals surface area contributed by atoms with Crippen LogP contribution in [0.4, 0.5) is 0 Å². The first-order valence-electron chi connectivity index (χ1n) is 6.48. The monoisotopic (exact) mass is 341 g/mol. The van der Waals surface area contributed by atoms with Crippen molar-refractivity contribution in [2.75, 3.05) is 0 Å². The fraction of sp³-hybridized carbons (Fsp3) is 0.0625. The fourth-order valence-electron chi connectivity index (χ4n) is 2.01. The minimum atomic E-state index is -0.250. The zero-order valence-electron chi connectivity index (χ0n) is 11.1. The standard InChI is InChI=1S/C16H12BrN3O/c17-13-8-6-12(7-9-13)15-18-14(16(21)20-19-15)10-11-4-2-1-3-5-11/h1-9H,10H2,(H,20,21). The van der Waals surface area contributed by atoms with Crippen molar-refractivity contribution in [3.63, 3.8) is 0 Å². The van der Waals surface area contributed by atoms with Gasteiger partial charge in [0.2, 0.25) is 0 Å². The summed E-state index contributed by atoms with van der Waals surface area (Å²) in [6, 6.07) is 17.4. The first kappa shape index (κ1) is 13.7. The molecule has 2 aromatic carbocycles. The van der Waals surface area contributed by atoms with Gasteiger partial charge in [0, 0.05) is 16.5 Å². The third-order valence-corrected chi connectivity index (χ3v) is 3.61. The van der Waals surface area contributed by atoms with Gasteiger partial charge in [0.25, 0.3) is 5.56 Å². The Morgan fingerprint density at radius 3 is 2.43 bits per heavy atom. The number of rotatable bonds is 3. The predicted molar refractivity (Wildman–Crippen MR) is 85.0 cm³/mol. The maximum Gasteiger partial charge on any atom is 0.286 e. The van der Waals surface area contributed by atoms with E-state index in [9.17, 15) is 4.79 Å². The van der Waals surface area contributed by atoms with Gasteiger partial charge in [0.15, 0.2) is 5.82 Å². The van der Waals surface area contributed by atoms with E-state index in [-0.39, 0.29) is 5.56 Å². The molecule has 0 saturated heterocycles. The van der Waals surface area contributed by atoms with E-state index >= 15 is 0 Å². The zero-order chi connectivity index (χ0) is 14.7. The van der Waals surface area contributed by atoms with Gasteiger partial charge in [0.1, 0.15) is 5.69 Å². The second-order valence-corrected chi connectivity index (χ2v) is 5.52. The van der Waals surface area contributed by atoms with Crippen molar-refractivity contribution in [3.8, 4) is 11.4 Å². The highest BCUT2D eigenvalue weighted by Gasteiger charge is 2.08. The van der Waals surface area contributed by atoms with Gasteiger partial charge in [-0.3, -0.25) is 4.79 Å². The lowest BCUT2D eigenvalue weighted by molar-refractivity contribution is 0.883. The number of hydrogen-bond donors (Lipinski definition) is 1. The molecule has 1 heterocycles. The van der Waals surface area contributed by atoms with E-state index in [1.807, 2.05) is 54.6 Å². The van der Waals surface area contributed by atoms with E-state index in [2.05, 4.69) is 31.1 Å². The summed E-state index contributed by atoms with van der Waals surface area (Å²) in [7, 11) is 0. The molecule has 0 radical (unpaired) electrons. The number of aromatic amines is 1. The molecular formula is C16H12BrN3O. The van der Waals surface area contributed by atoms with Crippen molar-refractivity contribution in [3.05, 3.63) is 80.7 Å². The molecule has 0 amide bonds. The number of benzene rings is 2. The number of nitrogens with one attached hydrogen (secondary N) is 1. The molecule has 104 valence electrons. The van der Waals surface area contributed by atoms with Gasteiger partial charge >= 0.3 is 0 Å². The average molecular weight is 342 g/mol. The molecule has 4 nitrogen and oxygen atoms in total. The molecule has 3 rings (SSSR count). The van der Waals surface area contributed by atoms with Crippen LogP contribution in [0.15, 0.2) is 63.9 Å². The molecule has 0 aliphatic rings. The minimum absolute atomic E-state index is 0.250. The topological polar surface area (TPSA) is 58.6 Å². The van der Waals surface area contributed by atoms with Crippen LogP contribution in [0.5, 0.6) is 0 Å². The summed E-state index contributed by atoms with van der Waals surface area (Å²) < 4.78 is 0.986. The highest BCUT2D eigenvalue weighted by molar-refractivity contribution is 9.10. The van der Waals surface area contributed by atoms with Crippen LogP contribution in [-0.4, -0.2) is 15.2 Å². The van der Waals surface area contributed by atoms with Crippen LogP contribution in [0, 0.1) is 0 Å². The van der Waals surface area contributed by atoms with Crippen molar-refractivity contribution in [2.45, 2.75) is 6.42 Å². The lowest BCUT2D eigenvalue weighted by Crippen LogP contribution is -2.18. The quantitative estimate of drug-likeness (QED) is 0.795. The van der Waals surface area contributed by atoms with Crippen LogP contribution in [0.3, 0.4) is 0 Å². The molecule has 0 aliphatic heterocycles. The zero-order valence-corrected chi connectivity index (χ0v) is 12.7. The summed E-state index contributed by atoms with van der Waals surface area (Å²) in [6.45, 7) is 0. The molecule has 21 heavy (non-hydrogen) atoms. The van der Waals surface area contributed by atoms with Crippen LogP contribution in [0.2, 0.25) is 0 Å². The Kier molecular flexibility index (Phi) is 3.92. The van der Waals surface area contributed by atoms with Crippen LogP contribution >= 0.6 is 15.9 Å². The summed E-state index contributed by atoms with van der Waals surface area (Å²) in [6.07, 6.45) is 0.488. The lowest BCUT2D eigenvalue weighted by Gasteiger charge is -2.03. The molecule has 0 saturated carbocycles. The number of H-pyrrole nitrogens is 1. The smallest absolute Gasteiger partial charge is 0.266 e. The first-order valence-corrected chi connectivity index (χ1v) is 7.27. The first-order chi connectivity index (χ1) is 10.2. The largest absolute Gasteiger partial charge is 0.286 e. The number of nitrogens with zero attached hydrogens (tertiary/aromatic N) is 2. The maximum atomic E-state index is 11.9. The van der Waals surface area contributed by atoms with Gasteiger partial charge in [-0.25, -0.2) is 10.1 Å². The normalized spacial score (nSPS) is 10.5. The maximum absolute atomic E-state index is 11.9. The van der Waals surface area contributed by atoms with Gasteiger partial charge in [-0.1, -0.05) is 58.4 Å². The lowest BCUT2D eigenvalue weighted by atomic mass is 10.1. The highest BCUT2D eigenvalue weighted by atomic mass is 79.9. The molecule has 0 bridgehead atoms. The molecule has 1 aromatic heterocycles. The molecule has 5 heteroatoms. The molecule has 0 fully saturated rings. The summed E-state index contributed by atoms with van der Waals surface area (Å²) >= 11 is 3.39. The van der Waals surface area contributed by atoms with Crippen molar-refractivity contribution in [1.29, 1.82) is 0 Å². The van der Waals surface area contributed by atoms with Crippen LogP contribution in [-0.2, 0) is 6.42 Å². The van der Waals surface area contributed by atoms with Crippen molar-refractivity contribution in [1.82, 2.24) is 15.2 Å².